The lowest BCUT2D eigenvalue weighted by Gasteiger charge is -2.24. The summed E-state index contributed by atoms with van der Waals surface area (Å²) < 4.78 is 10.2. The van der Waals surface area contributed by atoms with Crippen molar-refractivity contribution in [1.82, 2.24) is 0 Å². The molecule has 0 fully saturated rings. The maximum atomic E-state index is 9.97. The number of benzene rings is 1. The normalized spacial score (nSPS) is 14.5. The number of nitrogens with two attached hydrogens (primary N) is 1. The van der Waals surface area contributed by atoms with Crippen LogP contribution < -0.4 is 15.2 Å². The van der Waals surface area contributed by atoms with Gasteiger partial charge in [-0.3, -0.25) is 5.73 Å². The van der Waals surface area contributed by atoms with E-state index in [-0.39, 0.29) is 0 Å². The largest absolute Gasteiger partial charge is 0.497 e. The third-order valence-electron chi connectivity index (χ3n) is 2.41. The molecule has 4 heteroatoms. The molecule has 0 aliphatic rings. The van der Waals surface area contributed by atoms with Crippen molar-refractivity contribution in [2.75, 3.05) is 14.2 Å². The lowest BCUT2D eigenvalue weighted by atomic mass is 10.00. The molecule has 1 rings (SSSR count). The molecule has 15 heavy (non-hydrogen) atoms. The fourth-order valence-corrected chi connectivity index (χ4v) is 1.34. The summed E-state index contributed by atoms with van der Waals surface area (Å²) in [5.74, 6) is 1.20. The molecular weight excluding hydrogens is 194 g/mol. The van der Waals surface area contributed by atoms with Gasteiger partial charge in [0.25, 0.3) is 0 Å². The quantitative estimate of drug-likeness (QED) is 0.735. The van der Waals surface area contributed by atoms with E-state index in [0.29, 0.717) is 23.5 Å². The summed E-state index contributed by atoms with van der Waals surface area (Å²) >= 11 is 0. The average molecular weight is 211 g/mol. The van der Waals surface area contributed by atoms with E-state index in [1.54, 1.807) is 32.2 Å². The van der Waals surface area contributed by atoms with Crippen LogP contribution in [0.15, 0.2) is 18.2 Å². The zero-order valence-corrected chi connectivity index (χ0v) is 9.28. The first-order chi connectivity index (χ1) is 7.05. The molecule has 1 aromatic rings. The zero-order valence-electron chi connectivity index (χ0n) is 9.28. The Morgan fingerprint density at radius 2 is 2.00 bits per heavy atom. The predicted octanol–water partition coefficient (Wildman–Crippen LogP) is 1.22. The van der Waals surface area contributed by atoms with Crippen molar-refractivity contribution >= 4 is 0 Å². The molecule has 0 bridgehead atoms. The van der Waals surface area contributed by atoms with Crippen molar-refractivity contribution < 1.29 is 14.6 Å². The van der Waals surface area contributed by atoms with Gasteiger partial charge in [0.1, 0.15) is 17.2 Å². The van der Waals surface area contributed by atoms with Crippen molar-refractivity contribution in [3.8, 4) is 11.5 Å². The molecule has 0 heterocycles. The second-order valence-corrected chi connectivity index (χ2v) is 3.34. The highest BCUT2D eigenvalue weighted by Crippen LogP contribution is 2.31. The molecule has 0 aliphatic heterocycles. The Hall–Kier alpha value is -1.26. The second-order valence-electron chi connectivity index (χ2n) is 3.34. The fraction of sp³-hybridized carbons (Fsp3) is 0.455. The number of ether oxygens (including phenoxy) is 2. The molecule has 0 aromatic heterocycles. The van der Waals surface area contributed by atoms with Gasteiger partial charge >= 0.3 is 0 Å². The number of aliphatic hydroxyl groups is 1. The lowest BCUT2D eigenvalue weighted by Crippen LogP contribution is -2.35. The molecule has 1 unspecified atom stereocenters. The molecule has 4 nitrogen and oxygen atoms in total. The van der Waals surface area contributed by atoms with Gasteiger partial charge in [-0.25, -0.2) is 0 Å². The monoisotopic (exact) mass is 211 g/mol. The van der Waals surface area contributed by atoms with Crippen molar-refractivity contribution in [2.45, 2.75) is 19.1 Å². The third-order valence-corrected chi connectivity index (χ3v) is 2.41. The van der Waals surface area contributed by atoms with Gasteiger partial charge in [0.05, 0.1) is 14.2 Å². The first-order valence-corrected chi connectivity index (χ1v) is 4.79. The highest BCUT2D eigenvalue weighted by Gasteiger charge is 2.25. The molecule has 0 radical (unpaired) electrons. The maximum Gasteiger partial charge on any atom is 0.143 e. The number of hydrogen-bond acceptors (Lipinski definition) is 4. The minimum atomic E-state index is -1.39. The van der Waals surface area contributed by atoms with Crippen LogP contribution in [0.5, 0.6) is 11.5 Å². The fourth-order valence-electron chi connectivity index (χ4n) is 1.34. The molecular formula is C11H17NO3. The molecule has 0 saturated heterocycles. The Balaban J connectivity index is 3.23. The number of hydrogen-bond donors (Lipinski definition) is 2. The Kier molecular flexibility index (Phi) is 3.55. The van der Waals surface area contributed by atoms with Crippen LogP contribution >= 0.6 is 0 Å². The summed E-state index contributed by atoms with van der Waals surface area (Å²) in [6.45, 7) is 1.80. The van der Waals surface area contributed by atoms with Crippen molar-refractivity contribution in [3.63, 3.8) is 0 Å². The molecule has 0 saturated carbocycles. The summed E-state index contributed by atoms with van der Waals surface area (Å²) in [4.78, 5) is 0. The molecule has 0 aliphatic carbocycles. The lowest BCUT2D eigenvalue weighted by molar-refractivity contribution is 0.0368. The number of methoxy groups -OCH3 is 2. The minimum Gasteiger partial charge on any atom is -0.497 e. The van der Waals surface area contributed by atoms with Crippen LogP contribution in [0.1, 0.15) is 18.9 Å². The van der Waals surface area contributed by atoms with E-state index in [9.17, 15) is 5.11 Å². The van der Waals surface area contributed by atoms with Crippen LogP contribution in [0.3, 0.4) is 0 Å². The average Bonchev–Trinajstić information content (AvgIpc) is 2.28. The van der Waals surface area contributed by atoms with E-state index in [1.807, 2.05) is 0 Å². The molecule has 3 N–H and O–H groups in total. The van der Waals surface area contributed by atoms with Gasteiger partial charge in [-0.2, -0.15) is 0 Å². The Bertz CT molecular complexity index is 337. The van der Waals surface area contributed by atoms with E-state index in [4.69, 9.17) is 15.2 Å². The molecule has 0 amide bonds. The van der Waals surface area contributed by atoms with E-state index in [2.05, 4.69) is 0 Å². The van der Waals surface area contributed by atoms with Gasteiger partial charge in [-0.05, 0) is 24.6 Å². The number of rotatable bonds is 4. The van der Waals surface area contributed by atoms with Crippen LogP contribution in [-0.2, 0) is 5.72 Å². The van der Waals surface area contributed by atoms with Crippen LogP contribution in [0.25, 0.3) is 0 Å². The van der Waals surface area contributed by atoms with Crippen molar-refractivity contribution in [1.29, 1.82) is 0 Å². The van der Waals surface area contributed by atoms with Crippen molar-refractivity contribution in [2.24, 2.45) is 5.73 Å². The predicted molar refractivity (Wildman–Crippen MR) is 57.9 cm³/mol. The van der Waals surface area contributed by atoms with Crippen LogP contribution in [0, 0.1) is 0 Å². The first-order valence-electron chi connectivity index (χ1n) is 4.79. The highest BCUT2D eigenvalue weighted by molar-refractivity contribution is 5.43. The van der Waals surface area contributed by atoms with E-state index >= 15 is 0 Å². The molecule has 1 atom stereocenters. The zero-order chi connectivity index (χ0) is 11.5. The molecule has 84 valence electrons. The van der Waals surface area contributed by atoms with Crippen molar-refractivity contribution in [3.05, 3.63) is 23.8 Å². The van der Waals surface area contributed by atoms with Gasteiger partial charge in [0.15, 0.2) is 0 Å². The Labute approximate surface area is 89.6 Å². The van der Waals surface area contributed by atoms with Gasteiger partial charge in [-0.1, -0.05) is 6.92 Å². The third kappa shape index (κ3) is 2.40. The standard InChI is InChI=1S/C11H17NO3/c1-4-11(12,13)9-7-8(14-2)5-6-10(9)15-3/h5-7,13H,4,12H2,1-3H3. The summed E-state index contributed by atoms with van der Waals surface area (Å²) in [6.07, 6.45) is 0.399. The smallest absolute Gasteiger partial charge is 0.143 e. The van der Waals surface area contributed by atoms with Gasteiger partial charge < -0.3 is 14.6 Å². The van der Waals surface area contributed by atoms with Gasteiger partial charge in [0, 0.05) is 5.56 Å². The van der Waals surface area contributed by atoms with Crippen LogP contribution in [-0.4, -0.2) is 19.3 Å². The highest BCUT2D eigenvalue weighted by atomic mass is 16.5. The van der Waals surface area contributed by atoms with Gasteiger partial charge in [0.2, 0.25) is 0 Å². The summed E-state index contributed by atoms with van der Waals surface area (Å²) in [6, 6.07) is 5.16. The Morgan fingerprint density at radius 1 is 1.33 bits per heavy atom. The second kappa shape index (κ2) is 4.51. The maximum absolute atomic E-state index is 9.97. The summed E-state index contributed by atoms with van der Waals surface area (Å²) in [5.41, 5.74) is 4.90. The van der Waals surface area contributed by atoms with E-state index < -0.39 is 5.72 Å². The van der Waals surface area contributed by atoms with E-state index in [0.717, 1.165) is 0 Å². The molecule has 0 spiro atoms. The minimum absolute atomic E-state index is 0.399. The summed E-state index contributed by atoms with van der Waals surface area (Å²) in [7, 11) is 3.10. The SMILES string of the molecule is CCC(N)(O)c1cc(OC)ccc1OC. The molecule has 1 aromatic carbocycles. The Morgan fingerprint density at radius 3 is 2.47 bits per heavy atom. The topological polar surface area (TPSA) is 64.7 Å². The van der Waals surface area contributed by atoms with E-state index in [1.165, 1.54) is 7.11 Å². The van der Waals surface area contributed by atoms with Crippen LogP contribution in [0.2, 0.25) is 0 Å². The summed E-state index contributed by atoms with van der Waals surface area (Å²) in [5, 5.41) is 9.97. The van der Waals surface area contributed by atoms with Crippen LogP contribution in [0.4, 0.5) is 0 Å². The van der Waals surface area contributed by atoms with Gasteiger partial charge in [-0.15, -0.1) is 0 Å². The first kappa shape index (κ1) is 11.8.